The molecule has 6 heteroatoms. The standard InChI is InChI=1S/C19H17N3O3/c1-3-13-5-4-6-14(9-13)22-19-15-10-18(25-8-7-23)17(24-2)11-16(15)20-12-21-19/h1,4-6,9-12,23H,7-8H2,2H3,(H,20,21,22). The number of nitrogens with zero attached hydrogens (tertiary/aromatic N) is 2. The maximum absolute atomic E-state index is 8.98. The van der Waals surface area contributed by atoms with Gasteiger partial charge >= 0.3 is 0 Å². The minimum atomic E-state index is -0.0868. The van der Waals surface area contributed by atoms with Crippen molar-refractivity contribution < 1.29 is 14.6 Å². The minimum absolute atomic E-state index is 0.0868. The molecule has 0 amide bonds. The van der Waals surface area contributed by atoms with Crippen molar-refractivity contribution in [2.75, 3.05) is 25.6 Å². The largest absolute Gasteiger partial charge is 0.493 e. The van der Waals surface area contributed by atoms with E-state index in [1.165, 1.54) is 6.33 Å². The smallest absolute Gasteiger partial charge is 0.162 e. The molecule has 3 aromatic rings. The summed E-state index contributed by atoms with van der Waals surface area (Å²) in [4.78, 5) is 8.59. The summed E-state index contributed by atoms with van der Waals surface area (Å²) in [6.07, 6.45) is 6.92. The second kappa shape index (κ2) is 7.51. The second-order valence-electron chi connectivity index (χ2n) is 5.16. The van der Waals surface area contributed by atoms with Crippen molar-refractivity contribution in [2.24, 2.45) is 0 Å². The summed E-state index contributed by atoms with van der Waals surface area (Å²) in [6, 6.07) is 11.1. The number of hydrogen-bond acceptors (Lipinski definition) is 6. The Bertz CT molecular complexity index is 935. The van der Waals surface area contributed by atoms with Crippen LogP contribution in [0.4, 0.5) is 11.5 Å². The van der Waals surface area contributed by atoms with Crippen LogP contribution in [0, 0.1) is 12.3 Å². The molecule has 1 heterocycles. The van der Waals surface area contributed by atoms with E-state index in [1.54, 1.807) is 19.2 Å². The van der Waals surface area contributed by atoms with Crippen LogP contribution in [0.1, 0.15) is 5.56 Å². The van der Waals surface area contributed by atoms with Crippen molar-refractivity contribution in [3.05, 3.63) is 48.3 Å². The Morgan fingerprint density at radius 1 is 1.20 bits per heavy atom. The highest BCUT2D eigenvalue weighted by atomic mass is 16.5. The fraction of sp³-hybridized carbons (Fsp3) is 0.158. The molecule has 0 fully saturated rings. The van der Waals surface area contributed by atoms with Crippen LogP contribution in [-0.2, 0) is 0 Å². The van der Waals surface area contributed by atoms with E-state index in [9.17, 15) is 0 Å². The molecule has 2 N–H and O–H groups in total. The molecule has 126 valence electrons. The van der Waals surface area contributed by atoms with Crippen LogP contribution in [0.5, 0.6) is 11.5 Å². The molecule has 0 bridgehead atoms. The number of aromatic nitrogens is 2. The van der Waals surface area contributed by atoms with E-state index in [4.69, 9.17) is 21.0 Å². The molecular weight excluding hydrogens is 318 g/mol. The van der Waals surface area contributed by atoms with Gasteiger partial charge < -0.3 is 19.9 Å². The highest BCUT2D eigenvalue weighted by Crippen LogP contribution is 2.34. The molecule has 2 aromatic carbocycles. The quantitative estimate of drug-likeness (QED) is 0.675. The molecular formula is C19H17N3O3. The predicted molar refractivity (Wildman–Crippen MR) is 96.3 cm³/mol. The topological polar surface area (TPSA) is 76.5 Å². The summed E-state index contributed by atoms with van der Waals surface area (Å²) < 4.78 is 10.9. The third kappa shape index (κ3) is 3.62. The Morgan fingerprint density at radius 2 is 2.08 bits per heavy atom. The first-order valence-electron chi connectivity index (χ1n) is 7.65. The minimum Gasteiger partial charge on any atom is -0.493 e. The van der Waals surface area contributed by atoms with E-state index in [1.807, 2.05) is 24.3 Å². The Hall–Kier alpha value is -3.30. The van der Waals surface area contributed by atoms with Gasteiger partial charge in [0.15, 0.2) is 11.5 Å². The van der Waals surface area contributed by atoms with Gasteiger partial charge in [0.25, 0.3) is 0 Å². The van der Waals surface area contributed by atoms with Gasteiger partial charge in [0, 0.05) is 22.7 Å². The summed E-state index contributed by atoms with van der Waals surface area (Å²) in [5, 5.41) is 13.0. The molecule has 0 atom stereocenters. The number of methoxy groups -OCH3 is 1. The van der Waals surface area contributed by atoms with Crippen molar-refractivity contribution in [1.29, 1.82) is 0 Å². The van der Waals surface area contributed by atoms with Gasteiger partial charge in [-0.05, 0) is 24.3 Å². The maximum atomic E-state index is 8.98. The van der Waals surface area contributed by atoms with Crippen LogP contribution < -0.4 is 14.8 Å². The summed E-state index contributed by atoms with van der Waals surface area (Å²) >= 11 is 0. The molecule has 6 nitrogen and oxygen atoms in total. The van der Waals surface area contributed by atoms with E-state index < -0.39 is 0 Å². The van der Waals surface area contributed by atoms with Crippen LogP contribution in [0.25, 0.3) is 10.9 Å². The molecule has 0 aliphatic carbocycles. The third-order valence-electron chi connectivity index (χ3n) is 3.56. The van der Waals surface area contributed by atoms with Crippen LogP contribution in [0.2, 0.25) is 0 Å². The maximum Gasteiger partial charge on any atom is 0.162 e. The number of rotatable bonds is 6. The highest BCUT2D eigenvalue weighted by molar-refractivity contribution is 5.93. The van der Waals surface area contributed by atoms with Crippen molar-refractivity contribution in [2.45, 2.75) is 0 Å². The van der Waals surface area contributed by atoms with E-state index in [0.717, 1.165) is 16.6 Å². The van der Waals surface area contributed by atoms with Crippen molar-refractivity contribution in [3.63, 3.8) is 0 Å². The van der Waals surface area contributed by atoms with Crippen molar-refractivity contribution in [3.8, 4) is 23.8 Å². The number of hydrogen-bond donors (Lipinski definition) is 2. The summed E-state index contributed by atoms with van der Waals surface area (Å²) in [5.74, 6) is 4.28. The molecule has 0 aliphatic rings. The Morgan fingerprint density at radius 3 is 2.84 bits per heavy atom. The fourth-order valence-electron chi connectivity index (χ4n) is 2.42. The van der Waals surface area contributed by atoms with Gasteiger partial charge in [0.05, 0.1) is 19.2 Å². The molecule has 0 unspecified atom stereocenters. The van der Waals surface area contributed by atoms with Gasteiger partial charge in [0.2, 0.25) is 0 Å². The number of nitrogens with one attached hydrogen (secondary N) is 1. The van der Waals surface area contributed by atoms with Gasteiger partial charge in [-0.2, -0.15) is 0 Å². The first-order chi connectivity index (χ1) is 12.2. The number of benzene rings is 2. The summed E-state index contributed by atoms with van der Waals surface area (Å²) in [7, 11) is 1.55. The SMILES string of the molecule is C#Cc1cccc(Nc2ncnc3cc(OC)c(OCCO)cc23)c1. The number of aliphatic hydroxyl groups excluding tert-OH is 1. The number of anilines is 2. The van der Waals surface area contributed by atoms with Gasteiger partial charge in [-0.25, -0.2) is 9.97 Å². The lowest BCUT2D eigenvalue weighted by Gasteiger charge is -2.13. The lowest BCUT2D eigenvalue weighted by Crippen LogP contribution is -2.04. The number of fused-ring (bicyclic) bond motifs is 1. The number of ether oxygens (including phenoxy) is 2. The fourth-order valence-corrected chi connectivity index (χ4v) is 2.42. The lowest BCUT2D eigenvalue weighted by molar-refractivity contribution is 0.196. The average Bonchev–Trinajstić information content (AvgIpc) is 2.66. The van der Waals surface area contributed by atoms with E-state index in [-0.39, 0.29) is 13.2 Å². The second-order valence-corrected chi connectivity index (χ2v) is 5.16. The zero-order valence-electron chi connectivity index (χ0n) is 13.7. The van der Waals surface area contributed by atoms with Gasteiger partial charge in [-0.3, -0.25) is 0 Å². The molecule has 0 radical (unpaired) electrons. The zero-order chi connectivity index (χ0) is 17.6. The van der Waals surface area contributed by atoms with Crippen LogP contribution in [0.3, 0.4) is 0 Å². The molecule has 3 rings (SSSR count). The molecule has 0 saturated heterocycles. The van der Waals surface area contributed by atoms with Crippen molar-refractivity contribution >= 4 is 22.4 Å². The van der Waals surface area contributed by atoms with Gasteiger partial charge in [0.1, 0.15) is 18.8 Å². The van der Waals surface area contributed by atoms with Gasteiger partial charge in [-0.15, -0.1) is 6.42 Å². The zero-order valence-corrected chi connectivity index (χ0v) is 13.7. The summed E-state index contributed by atoms with van der Waals surface area (Å²) in [5.41, 5.74) is 2.31. The average molecular weight is 335 g/mol. The molecule has 0 saturated carbocycles. The Balaban J connectivity index is 2.04. The predicted octanol–water partition coefficient (Wildman–Crippen LogP) is 2.73. The molecule has 0 aliphatic heterocycles. The summed E-state index contributed by atoms with van der Waals surface area (Å²) in [6.45, 7) is 0.0823. The molecule has 1 aromatic heterocycles. The molecule has 0 spiro atoms. The van der Waals surface area contributed by atoms with Gasteiger partial charge in [-0.1, -0.05) is 12.0 Å². The van der Waals surface area contributed by atoms with E-state index >= 15 is 0 Å². The number of aliphatic hydroxyl groups is 1. The molecule has 25 heavy (non-hydrogen) atoms. The monoisotopic (exact) mass is 335 g/mol. The highest BCUT2D eigenvalue weighted by Gasteiger charge is 2.12. The van der Waals surface area contributed by atoms with Crippen LogP contribution in [0.15, 0.2) is 42.7 Å². The third-order valence-corrected chi connectivity index (χ3v) is 3.56. The van der Waals surface area contributed by atoms with E-state index in [2.05, 4.69) is 21.2 Å². The Kier molecular flexibility index (Phi) is 4.97. The first-order valence-corrected chi connectivity index (χ1v) is 7.65. The number of terminal acetylenes is 1. The van der Waals surface area contributed by atoms with E-state index in [0.29, 0.717) is 22.8 Å². The first kappa shape index (κ1) is 16.6. The lowest BCUT2D eigenvalue weighted by atomic mass is 10.2. The Labute approximate surface area is 145 Å². The van der Waals surface area contributed by atoms with Crippen LogP contribution in [-0.4, -0.2) is 35.4 Å². The van der Waals surface area contributed by atoms with Crippen LogP contribution >= 0.6 is 0 Å². The normalized spacial score (nSPS) is 10.3. The van der Waals surface area contributed by atoms with Crippen molar-refractivity contribution in [1.82, 2.24) is 9.97 Å².